The van der Waals surface area contributed by atoms with Gasteiger partial charge in [0.1, 0.15) is 0 Å². The minimum Gasteiger partial charge on any atom is -0.393 e. The molecule has 2 saturated heterocycles. The average Bonchev–Trinajstić information content (AvgIpc) is 2.02. The summed E-state index contributed by atoms with van der Waals surface area (Å²) in [4.78, 5) is 11.2. The Bertz CT molecular complexity index is 211. The number of carbonyl (C=O) groups excluding carboxylic acids is 1. The van der Waals surface area contributed by atoms with Gasteiger partial charge in [-0.25, -0.2) is 0 Å². The van der Waals surface area contributed by atoms with Crippen LogP contribution in [0.15, 0.2) is 0 Å². The van der Waals surface area contributed by atoms with Crippen molar-refractivity contribution in [1.29, 1.82) is 0 Å². The summed E-state index contributed by atoms with van der Waals surface area (Å²) in [7, 11) is 0. The molecule has 74 valence electrons. The first-order valence-corrected chi connectivity index (χ1v) is 4.77. The van der Waals surface area contributed by atoms with E-state index in [0.29, 0.717) is 19.6 Å². The highest BCUT2D eigenvalue weighted by atomic mass is 16.5. The summed E-state index contributed by atoms with van der Waals surface area (Å²) >= 11 is 0. The molecule has 1 atom stereocenters. The maximum Gasteiger partial charge on any atom is 0.223 e. The van der Waals surface area contributed by atoms with Gasteiger partial charge in [0, 0.05) is 18.8 Å². The van der Waals surface area contributed by atoms with Crippen LogP contribution in [0.1, 0.15) is 25.7 Å². The third kappa shape index (κ3) is 1.84. The molecule has 0 aromatic carbocycles. The van der Waals surface area contributed by atoms with Crippen molar-refractivity contribution in [3.05, 3.63) is 0 Å². The molecular weight excluding hydrogens is 170 g/mol. The second-order valence-corrected chi connectivity index (χ2v) is 4.00. The van der Waals surface area contributed by atoms with E-state index < -0.39 is 6.10 Å². The lowest BCUT2D eigenvalue weighted by Crippen LogP contribution is -2.57. The summed E-state index contributed by atoms with van der Waals surface area (Å²) < 4.78 is 5.23. The zero-order valence-electron chi connectivity index (χ0n) is 7.58. The Morgan fingerprint density at radius 2 is 2.15 bits per heavy atom. The smallest absolute Gasteiger partial charge is 0.223 e. The van der Waals surface area contributed by atoms with Gasteiger partial charge >= 0.3 is 0 Å². The number of ether oxygens (including phenoxy) is 1. The van der Waals surface area contributed by atoms with Gasteiger partial charge in [-0.15, -0.1) is 0 Å². The van der Waals surface area contributed by atoms with Crippen LogP contribution in [0.4, 0.5) is 0 Å². The molecule has 0 aromatic rings. The molecule has 2 heterocycles. The summed E-state index contributed by atoms with van der Waals surface area (Å²) in [6, 6.07) is 0. The van der Waals surface area contributed by atoms with Crippen LogP contribution in [0.5, 0.6) is 0 Å². The van der Waals surface area contributed by atoms with E-state index in [1.165, 1.54) is 0 Å². The Balaban J connectivity index is 2.06. The van der Waals surface area contributed by atoms with Crippen LogP contribution in [0, 0.1) is 0 Å². The van der Waals surface area contributed by atoms with Crippen molar-refractivity contribution in [2.75, 3.05) is 13.2 Å². The van der Waals surface area contributed by atoms with Crippen LogP contribution in [-0.2, 0) is 9.53 Å². The van der Waals surface area contributed by atoms with Gasteiger partial charge in [0.25, 0.3) is 0 Å². The molecule has 1 unspecified atom stereocenters. The number of rotatable bonds is 0. The van der Waals surface area contributed by atoms with Crippen molar-refractivity contribution < 1.29 is 14.6 Å². The zero-order valence-corrected chi connectivity index (χ0v) is 7.58. The standard InChI is InChI=1S/C9H15NO3/c11-7-5-8(12)10-9(6-7)1-3-13-4-2-9/h7,11H,1-6H2,(H,10,12). The van der Waals surface area contributed by atoms with Crippen molar-refractivity contribution in [3.8, 4) is 0 Å². The highest BCUT2D eigenvalue weighted by molar-refractivity contribution is 5.78. The molecule has 0 aliphatic carbocycles. The van der Waals surface area contributed by atoms with Crippen LogP contribution in [0.3, 0.4) is 0 Å². The maximum atomic E-state index is 11.2. The number of hydrogen-bond donors (Lipinski definition) is 2. The molecule has 1 spiro atoms. The van der Waals surface area contributed by atoms with E-state index in [9.17, 15) is 9.90 Å². The predicted octanol–water partition coefficient (Wildman–Crippen LogP) is -0.193. The highest BCUT2D eigenvalue weighted by Gasteiger charge is 2.39. The summed E-state index contributed by atoms with van der Waals surface area (Å²) in [6.07, 6.45) is 2.13. The third-order valence-electron chi connectivity index (χ3n) is 2.90. The lowest BCUT2D eigenvalue weighted by Gasteiger charge is -2.42. The number of amides is 1. The van der Waals surface area contributed by atoms with Gasteiger partial charge in [-0.1, -0.05) is 0 Å². The van der Waals surface area contributed by atoms with Crippen molar-refractivity contribution in [3.63, 3.8) is 0 Å². The van der Waals surface area contributed by atoms with Gasteiger partial charge in [-0.2, -0.15) is 0 Å². The first-order chi connectivity index (χ1) is 6.20. The minimum atomic E-state index is -0.466. The van der Waals surface area contributed by atoms with E-state index in [4.69, 9.17) is 4.74 Å². The number of carbonyl (C=O) groups is 1. The number of aliphatic hydroxyl groups is 1. The summed E-state index contributed by atoms with van der Waals surface area (Å²) in [5.74, 6) is -0.0272. The number of hydrogen-bond acceptors (Lipinski definition) is 3. The summed E-state index contributed by atoms with van der Waals surface area (Å²) in [6.45, 7) is 1.38. The van der Waals surface area contributed by atoms with E-state index in [1.54, 1.807) is 0 Å². The molecule has 13 heavy (non-hydrogen) atoms. The SMILES string of the molecule is O=C1CC(O)CC2(CCOCC2)N1. The monoisotopic (exact) mass is 185 g/mol. The topological polar surface area (TPSA) is 58.6 Å². The van der Waals surface area contributed by atoms with Crippen molar-refractivity contribution in [1.82, 2.24) is 5.32 Å². The Labute approximate surface area is 77.3 Å². The van der Waals surface area contributed by atoms with Gasteiger partial charge in [-0.3, -0.25) is 4.79 Å². The second kappa shape index (κ2) is 3.27. The molecule has 2 fully saturated rings. The van der Waals surface area contributed by atoms with E-state index >= 15 is 0 Å². The molecule has 0 radical (unpaired) electrons. The first-order valence-electron chi connectivity index (χ1n) is 4.77. The van der Waals surface area contributed by atoms with Gasteiger partial charge in [0.05, 0.1) is 12.5 Å². The molecular formula is C9H15NO3. The lowest BCUT2D eigenvalue weighted by molar-refractivity contribution is -0.131. The molecule has 4 nitrogen and oxygen atoms in total. The van der Waals surface area contributed by atoms with Crippen molar-refractivity contribution in [2.24, 2.45) is 0 Å². The third-order valence-corrected chi connectivity index (χ3v) is 2.90. The molecule has 4 heteroatoms. The Morgan fingerprint density at radius 1 is 1.46 bits per heavy atom. The van der Waals surface area contributed by atoms with Crippen molar-refractivity contribution >= 4 is 5.91 Å². The second-order valence-electron chi connectivity index (χ2n) is 4.00. The molecule has 0 bridgehead atoms. The normalized spacial score (nSPS) is 33.0. The quantitative estimate of drug-likeness (QED) is 0.550. The Kier molecular flexibility index (Phi) is 2.26. The van der Waals surface area contributed by atoms with Gasteiger partial charge in [0.2, 0.25) is 5.91 Å². The van der Waals surface area contributed by atoms with Gasteiger partial charge < -0.3 is 15.2 Å². The van der Waals surface area contributed by atoms with Crippen LogP contribution in [-0.4, -0.2) is 35.9 Å². The van der Waals surface area contributed by atoms with E-state index in [-0.39, 0.29) is 17.9 Å². The zero-order chi connectivity index (χ0) is 9.31. The average molecular weight is 185 g/mol. The van der Waals surface area contributed by atoms with Gasteiger partial charge in [-0.05, 0) is 19.3 Å². The number of nitrogens with one attached hydrogen (secondary N) is 1. The van der Waals surface area contributed by atoms with Crippen molar-refractivity contribution in [2.45, 2.75) is 37.3 Å². The molecule has 2 aliphatic rings. The molecule has 2 N–H and O–H groups in total. The van der Waals surface area contributed by atoms with Crippen LogP contribution >= 0.6 is 0 Å². The predicted molar refractivity (Wildman–Crippen MR) is 46.2 cm³/mol. The fraction of sp³-hybridized carbons (Fsp3) is 0.889. The maximum absolute atomic E-state index is 11.2. The molecule has 2 rings (SSSR count). The van der Waals surface area contributed by atoms with Gasteiger partial charge in [0.15, 0.2) is 0 Å². The highest BCUT2D eigenvalue weighted by Crippen LogP contribution is 2.29. The molecule has 0 saturated carbocycles. The Hall–Kier alpha value is -0.610. The largest absolute Gasteiger partial charge is 0.393 e. The summed E-state index contributed by atoms with van der Waals surface area (Å²) in [5.41, 5.74) is -0.174. The molecule has 1 amide bonds. The minimum absolute atomic E-state index is 0.0272. The number of aliphatic hydroxyl groups excluding tert-OH is 1. The fourth-order valence-corrected chi connectivity index (χ4v) is 2.23. The van der Waals surface area contributed by atoms with Crippen LogP contribution in [0.2, 0.25) is 0 Å². The number of piperidine rings is 1. The molecule has 2 aliphatic heterocycles. The first kappa shape index (κ1) is 8.97. The molecule has 0 aromatic heterocycles. The summed E-state index contributed by atoms with van der Waals surface area (Å²) in [5, 5.41) is 12.5. The fourth-order valence-electron chi connectivity index (χ4n) is 2.23. The van der Waals surface area contributed by atoms with E-state index in [2.05, 4.69) is 5.32 Å². The van der Waals surface area contributed by atoms with E-state index in [0.717, 1.165) is 12.8 Å². The Morgan fingerprint density at radius 3 is 2.77 bits per heavy atom. The van der Waals surface area contributed by atoms with Crippen LogP contribution in [0.25, 0.3) is 0 Å². The van der Waals surface area contributed by atoms with E-state index in [1.807, 2.05) is 0 Å². The van der Waals surface area contributed by atoms with Crippen LogP contribution < -0.4 is 5.32 Å². The lowest BCUT2D eigenvalue weighted by atomic mass is 9.81.